The summed E-state index contributed by atoms with van der Waals surface area (Å²) in [4.78, 5) is 13.6. The van der Waals surface area contributed by atoms with Crippen LogP contribution in [0.4, 0.5) is 0 Å². The van der Waals surface area contributed by atoms with Crippen LogP contribution < -0.4 is 5.32 Å². The van der Waals surface area contributed by atoms with Crippen molar-refractivity contribution in [1.29, 1.82) is 0 Å². The molecule has 0 aliphatic carbocycles. The van der Waals surface area contributed by atoms with E-state index in [4.69, 9.17) is 0 Å². The van der Waals surface area contributed by atoms with Crippen molar-refractivity contribution in [1.82, 2.24) is 10.2 Å². The maximum absolute atomic E-state index is 11.6. The van der Waals surface area contributed by atoms with E-state index in [1.807, 2.05) is 11.9 Å². The lowest BCUT2D eigenvalue weighted by molar-refractivity contribution is -0.127. The molecule has 0 aromatic rings. The molecule has 1 amide bonds. The van der Waals surface area contributed by atoms with Crippen LogP contribution in [0.2, 0.25) is 0 Å². The third-order valence-electron chi connectivity index (χ3n) is 2.82. The highest BCUT2D eigenvalue weighted by atomic mass is 16.2. The van der Waals surface area contributed by atoms with Crippen LogP contribution in [-0.4, -0.2) is 37.5 Å². The van der Waals surface area contributed by atoms with Crippen LogP contribution in [0.1, 0.15) is 32.6 Å². The van der Waals surface area contributed by atoms with Gasteiger partial charge in [0.15, 0.2) is 0 Å². The third-order valence-corrected chi connectivity index (χ3v) is 2.82. The van der Waals surface area contributed by atoms with Gasteiger partial charge in [-0.25, -0.2) is 0 Å². The summed E-state index contributed by atoms with van der Waals surface area (Å²) >= 11 is 0. The minimum Gasteiger partial charge on any atom is -0.342 e. The SMILES string of the molecule is CCCCCN1CC(CNC)CC1=O. The predicted octanol–water partition coefficient (Wildman–Crippen LogP) is 1.24. The van der Waals surface area contributed by atoms with E-state index in [1.165, 1.54) is 12.8 Å². The number of likely N-dealkylation sites (tertiary alicyclic amines) is 1. The number of hydrogen-bond donors (Lipinski definition) is 1. The van der Waals surface area contributed by atoms with Crippen LogP contribution in [0.15, 0.2) is 0 Å². The van der Waals surface area contributed by atoms with Crippen LogP contribution >= 0.6 is 0 Å². The van der Waals surface area contributed by atoms with E-state index in [-0.39, 0.29) is 0 Å². The van der Waals surface area contributed by atoms with Gasteiger partial charge in [-0.2, -0.15) is 0 Å². The summed E-state index contributed by atoms with van der Waals surface area (Å²) < 4.78 is 0. The van der Waals surface area contributed by atoms with Crippen molar-refractivity contribution in [2.45, 2.75) is 32.6 Å². The van der Waals surface area contributed by atoms with Gasteiger partial charge in [-0.3, -0.25) is 4.79 Å². The van der Waals surface area contributed by atoms with Crippen molar-refractivity contribution in [3.05, 3.63) is 0 Å². The fraction of sp³-hybridized carbons (Fsp3) is 0.909. The smallest absolute Gasteiger partial charge is 0.222 e. The second-order valence-corrected chi connectivity index (χ2v) is 4.17. The van der Waals surface area contributed by atoms with Gasteiger partial charge in [0.05, 0.1) is 0 Å². The molecular weight excluding hydrogens is 176 g/mol. The second kappa shape index (κ2) is 6.02. The molecule has 0 radical (unpaired) electrons. The van der Waals surface area contributed by atoms with E-state index in [0.717, 1.165) is 32.5 Å². The average molecular weight is 198 g/mol. The van der Waals surface area contributed by atoms with Gasteiger partial charge in [-0.1, -0.05) is 19.8 Å². The van der Waals surface area contributed by atoms with Crippen LogP contribution in [0.3, 0.4) is 0 Å². The Morgan fingerprint density at radius 3 is 2.93 bits per heavy atom. The lowest BCUT2D eigenvalue weighted by Crippen LogP contribution is -2.27. The summed E-state index contributed by atoms with van der Waals surface area (Å²) in [7, 11) is 1.95. The standard InChI is InChI=1S/C11H22N2O/c1-3-4-5-6-13-9-10(8-12-2)7-11(13)14/h10,12H,3-9H2,1-2H3. The average Bonchev–Trinajstić information content (AvgIpc) is 2.48. The van der Waals surface area contributed by atoms with E-state index in [0.29, 0.717) is 11.8 Å². The highest BCUT2D eigenvalue weighted by Gasteiger charge is 2.28. The van der Waals surface area contributed by atoms with Gasteiger partial charge in [0.2, 0.25) is 5.91 Å². The highest BCUT2D eigenvalue weighted by molar-refractivity contribution is 5.78. The number of nitrogens with one attached hydrogen (secondary N) is 1. The first-order chi connectivity index (χ1) is 6.77. The maximum Gasteiger partial charge on any atom is 0.222 e. The minimum absolute atomic E-state index is 0.348. The fourth-order valence-electron chi connectivity index (χ4n) is 2.05. The Labute approximate surface area is 86.9 Å². The quantitative estimate of drug-likeness (QED) is 0.651. The largest absolute Gasteiger partial charge is 0.342 e. The van der Waals surface area contributed by atoms with Gasteiger partial charge in [0.1, 0.15) is 0 Å². The summed E-state index contributed by atoms with van der Waals surface area (Å²) in [5.74, 6) is 0.885. The summed E-state index contributed by atoms with van der Waals surface area (Å²) in [5.41, 5.74) is 0. The Morgan fingerprint density at radius 1 is 1.50 bits per heavy atom. The summed E-state index contributed by atoms with van der Waals surface area (Å²) in [5, 5.41) is 3.14. The monoisotopic (exact) mass is 198 g/mol. The number of amides is 1. The molecule has 1 saturated heterocycles. The van der Waals surface area contributed by atoms with Crippen molar-refractivity contribution < 1.29 is 4.79 Å². The first-order valence-corrected chi connectivity index (χ1v) is 5.70. The molecule has 0 aromatic heterocycles. The van der Waals surface area contributed by atoms with Gasteiger partial charge in [-0.05, 0) is 25.9 Å². The zero-order valence-electron chi connectivity index (χ0n) is 9.38. The van der Waals surface area contributed by atoms with Crippen LogP contribution in [0.25, 0.3) is 0 Å². The van der Waals surface area contributed by atoms with Crippen LogP contribution in [0, 0.1) is 5.92 Å². The van der Waals surface area contributed by atoms with Crippen molar-refractivity contribution in [2.75, 3.05) is 26.7 Å². The lowest BCUT2D eigenvalue weighted by Gasteiger charge is -2.16. The molecule has 1 aliphatic heterocycles. The molecule has 1 atom stereocenters. The molecule has 14 heavy (non-hydrogen) atoms. The number of hydrogen-bond acceptors (Lipinski definition) is 2. The van der Waals surface area contributed by atoms with E-state index in [9.17, 15) is 4.79 Å². The molecule has 1 heterocycles. The molecule has 3 heteroatoms. The lowest BCUT2D eigenvalue weighted by atomic mass is 10.1. The summed E-state index contributed by atoms with van der Waals surface area (Å²) in [6, 6.07) is 0. The van der Waals surface area contributed by atoms with E-state index >= 15 is 0 Å². The third kappa shape index (κ3) is 3.29. The summed E-state index contributed by atoms with van der Waals surface area (Å²) in [6.07, 6.45) is 4.37. The zero-order chi connectivity index (χ0) is 10.4. The van der Waals surface area contributed by atoms with Gasteiger partial charge >= 0.3 is 0 Å². The Bertz CT molecular complexity index is 182. The molecule has 1 fully saturated rings. The number of unbranched alkanes of at least 4 members (excludes halogenated alkanes) is 2. The molecule has 0 saturated carbocycles. The molecule has 1 N–H and O–H groups in total. The normalized spacial score (nSPS) is 22.0. The van der Waals surface area contributed by atoms with Crippen LogP contribution in [-0.2, 0) is 4.79 Å². The minimum atomic E-state index is 0.348. The number of nitrogens with zero attached hydrogens (tertiary/aromatic N) is 1. The Kier molecular flexibility index (Phi) is 4.94. The Balaban J connectivity index is 2.22. The molecule has 3 nitrogen and oxygen atoms in total. The van der Waals surface area contributed by atoms with Crippen LogP contribution in [0.5, 0.6) is 0 Å². The van der Waals surface area contributed by atoms with E-state index in [2.05, 4.69) is 12.2 Å². The molecule has 1 rings (SSSR count). The molecular formula is C11H22N2O. The van der Waals surface area contributed by atoms with Crippen molar-refractivity contribution in [2.24, 2.45) is 5.92 Å². The topological polar surface area (TPSA) is 32.3 Å². The Morgan fingerprint density at radius 2 is 2.29 bits per heavy atom. The van der Waals surface area contributed by atoms with Crippen molar-refractivity contribution in [3.63, 3.8) is 0 Å². The van der Waals surface area contributed by atoms with Crippen molar-refractivity contribution >= 4 is 5.91 Å². The van der Waals surface area contributed by atoms with Gasteiger partial charge in [0, 0.05) is 19.5 Å². The number of rotatable bonds is 6. The molecule has 0 bridgehead atoms. The fourth-order valence-corrected chi connectivity index (χ4v) is 2.05. The van der Waals surface area contributed by atoms with Crippen molar-refractivity contribution in [3.8, 4) is 0 Å². The molecule has 0 spiro atoms. The summed E-state index contributed by atoms with van der Waals surface area (Å²) in [6.45, 7) is 5.09. The first kappa shape index (κ1) is 11.5. The molecule has 82 valence electrons. The predicted molar refractivity (Wildman–Crippen MR) is 58.1 cm³/mol. The highest BCUT2D eigenvalue weighted by Crippen LogP contribution is 2.17. The maximum atomic E-state index is 11.6. The Hall–Kier alpha value is -0.570. The van der Waals surface area contributed by atoms with E-state index < -0.39 is 0 Å². The number of carbonyl (C=O) groups excluding carboxylic acids is 1. The molecule has 1 aliphatic rings. The zero-order valence-corrected chi connectivity index (χ0v) is 9.38. The van der Waals surface area contributed by atoms with Gasteiger partial charge in [0.25, 0.3) is 0 Å². The second-order valence-electron chi connectivity index (χ2n) is 4.17. The molecule has 0 aromatic carbocycles. The van der Waals surface area contributed by atoms with Gasteiger partial charge in [-0.15, -0.1) is 0 Å². The molecule has 1 unspecified atom stereocenters. The van der Waals surface area contributed by atoms with Gasteiger partial charge < -0.3 is 10.2 Å². The number of carbonyl (C=O) groups is 1. The first-order valence-electron chi connectivity index (χ1n) is 5.70. The van der Waals surface area contributed by atoms with E-state index in [1.54, 1.807) is 0 Å².